The van der Waals surface area contributed by atoms with Crippen molar-refractivity contribution in [2.24, 2.45) is 5.92 Å². The van der Waals surface area contributed by atoms with Crippen molar-refractivity contribution >= 4 is 0 Å². The van der Waals surface area contributed by atoms with Gasteiger partial charge in [-0.05, 0) is 39.0 Å². The molecule has 0 heteroatoms. The maximum atomic E-state index is 2.31. The number of hydrogen-bond donors (Lipinski definition) is 0. The fourth-order valence-corrected chi connectivity index (χ4v) is 2.47. The molecule has 0 nitrogen and oxygen atoms in total. The Hall–Kier alpha value is -0.260. The van der Waals surface area contributed by atoms with Gasteiger partial charge in [-0.15, -0.1) is 0 Å². The fourth-order valence-electron chi connectivity index (χ4n) is 2.47. The van der Waals surface area contributed by atoms with Crippen LogP contribution >= 0.6 is 0 Å². The van der Waals surface area contributed by atoms with E-state index in [1.54, 1.807) is 11.1 Å². The first-order valence-corrected chi connectivity index (χ1v) is 6.39. The zero-order valence-corrected chi connectivity index (χ0v) is 10.2. The highest BCUT2D eigenvalue weighted by atomic mass is 14.2. The molecular weight excluding hydrogens is 168 g/mol. The summed E-state index contributed by atoms with van der Waals surface area (Å²) < 4.78 is 0. The van der Waals surface area contributed by atoms with Crippen molar-refractivity contribution in [3.05, 3.63) is 11.1 Å². The third-order valence-corrected chi connectivity index (χ3v) is 3.90. The van der Waals surface area contributed by atoms with Gasteiger partial charge < -0.3 is 0 Å². The molecule has 0 atom stereocenters. The molecule has 0 N–H and O–H groups in total. The molecule has 0 aromatic carbocycles. The van der Waals surface area contributed by atoms with Crippen LogP contribution < -0.4 is 0 Å². The van der Waals surface area contributed by atoms with E-state index in [0.29, 0.717) is 0 Å². The second-order valence-corrected chi connectivity index (χ2v) is 4.96. The molecule has 1 aliphatic carbocycles. The third kappa shape index (κ3) is 3.86. The van der Waals surface area contributed by atoms with Crippen LogP contribution in [-0.4, -0.2) is 0 Å². The number of rotatable bonds is 5. The van der Waals surface area contributed by atoms with Gasteiger partial charge in [-0.2, -0.15) is 0 Å². The Balaban J connectivity index is 2.14. The van der Waals surface area contributed by atoms with Gasteiger partial charge in [-0.3, -0.25) is 0 Å². The predicted molar refractivity (Wildman–Crippen MR) is 64.5 cm³/mol. The van der Waals surface area contributed by atoms with Crippen molar-refractivity contribution in [3.8, 4) is 0 Å². The Morgan fingerprint density at radius 2 is 1.71 bits per heavy atom. The summed E-state index contributed by atoms with van der Waals surface area (Å²) in [5.41, 5.74) is 3.25. The highest BCUT2D eigenvalue weighted by Crippen LogP contribution is 2.29. The molecule has 0 spiro atoms. The minimum atomic E-state index is 1.07. The van der Waals surface area contributed by atoms with Crippen LogP contribution in [0, 0.1) is 5.92 Å². The van der Waals surface area contributed by atoms with E-state index >= 15 is 0 Å². The van der Waals surface area contributed by atoms with Crippen molar-refractivity contribution in [3.63, 3.8) is 0 Å². The van der Waals surface area contributed by atoms with Crippen molar-refractivity contribution in [2.75, 3.05) is 0 Å². The maximum Gasteiger partial charge on any atom is -0.0320 e. The Bertz CT molecular complexity index is 182. The van der Waals surface area contributed by atoms with E-state index in [1.807, 2.05) is 0 Å². The zero-order valence-electron chi connectivity index (χ0n) is 10.2. The van der Waals surface area contributed by atoms with E-state index in [0.717, 1.165) is 5.92 Å². The Morgan fingerprint density at radius 1 is 1.07 bits per heavy atom. The normalized spacial score (nSPS) is 19.9. The fraction of sp³-hybridized carbons (Fsp3) is 0.857. The van der Waals surface area contributed by atoms with Gasteiger partial charge in [0, 0.05) is 0 Å². The minimum absolute atomic E-state index is 1.07. The van der Waals surface area contributed by atoms with Crippen LogP contribution in [0.15, 0.2) is 11.1 Å². The van der Waals surface area contributed by atoms with Crippen LogP contribution in [0.5, 0.6) is 0 Å². The van der Waals surface area contributed by atoms with Gasteiger partial charge in [-0.25, -0.2) is 0 Å². The molecule has 1 saturated carbocycles. The summed E-state index contributed by atoms with van der Waals surface area (Å²) in [7, 11) is 0. The summed E-state index contributed by atoms with van der Waals surface area (Å²) in [6, 6.07) is 0. The summed E-state index contributed by atoms with van der Waals surface area (Å²) in [5, 5.41) is 0. The molecule has 0 amide bonds. The second-order valence-electron chi connectivity index (χ2n) is 4.96. The number of hydrogen-bond acceptors (Lipinski definition) is 0. The van der Waals surface area contributed by atoms with Crippen LogP contribution in [0.3, 0.4) is 0 Å². The Morgan fingerprint density at radius 3 is 2.29 bits per heavy atom. The average Bonchev–Trinajstić information content (AvgIpc) is 2.69. The topological polar surface area (TPSA) is 0 Å². The lowest BCUT2D eigenvalue weighted by Gasteiger charge is -2.09. The highest BCUT2D eigenvalue weighted by Gasteiger charge is 2.13. The highest BCUT2D eigenvalue weighted by molar-refractivity contribution is 5.08. The molecule has 82 valence electrons. The van der Waals surface area contributed by atoms with Gasteiger partial charge in [-0.1, -0.05) is 50.2 Å². The summed E-state index contributed by atoms with van der Waals surface area (Å²) >= 11 is 0. The van der Waals surface area contributed by atoms with Crippen LogP contribution in [0.4, 0.5) is 0 Å². The molecule has 0 aromatic heterocycles. The average molecular weight is 194 g/mol. The van der Waals surface area contributed by atoms with Gasteiger partial charge in [0.1, 0.15) is 0 Å². The van der Waals surface area contributed by atoms with E-state index in [1.165, 1.54) is 51.4 Å². The molecule has 0 saturated heterocycles. The third-order valence-electron chi connectivity index (χ3n) is 3.90. The van der Waals surface area contributed by atoms with Crippen LogP contribution in [0.25, 0.3) is 0 Å². The first-order chi connectivity index (χ1) is 6.74. The molecule has 1 aliphatic rings. The summed E-state index contributed by atoms with van der Waals surface area (Å²) in [5.74, 6) is 1.07. The van der Waals surface area contributed by atoms with Crippen molar-refractivity contribution in [2.45, 2.75) is 72.1 Å². The van der Waals surface area contributed by atoms with Crippen molar-refractivity contribution in [1.82, 2.24) is 0 Å². The zero-order chi connectivity index (χ0) is 10.4. The molecule has 0 heterocycles. The van der Waals surface area contributed by atoms with E-state index in [2.05, 4.69) is 20.8 Å². The smallest absolute Gasteiger partial charge is 0.0320 e. The first-order valence-electron chi connectivity index (χ1n) is 6.39. The van der Waals surface area contributed by atoms with Crippen LogP contribution in [0.2, 0.25) is 0 Å². The number of allylic oxidation sites excluding steroid dienone is 2. The van der Waals surface area contributed by atoms with Crippen LogP contribution in [0.1, 0.15) is 72.1 Å². The molecule has 1 fully saturated rings. The van der Waals surface area contributed by atoms with Gasteiger partial charge in [0.25, 0.3) is 0 Å². The molecule has 1 rings (SSSR count). The monoisotopic (exact) mass is 194 g/mol. The molecule has 0 unspecified atom stereocenters. The summed E-state index contributed by atoms with van der Waals surface area (Å²) in [6.45, 7) is 6.86. The molecule has 0 radical (unpaired) electrons. The molecular formula is C14H26. The molecule has 0 aromatic rings. The van der Waals surface area contributed by atoms with Crippen molar-refractivity contribution in [1.29, 1.82) is 0 Å². The van der Waals surface area contributed by atoms with Crippen LogP contribution in [-0.2, 0) is 0 Å². The van der Waals surface area contributed by atoms with Crippen molar-refractivity contribution < 1.29 is 0 Å². The van der Waals surface area contributed by atoms with E-state index in [4.69, 9.17) is 0 Å². The quantitative estimate of drug-likeness (QED) is 0.534. The lowest BCUT2D eigenvalue weighted by Crippen LogP contribution is -1.93. The Labute approximate surface area is 89.8 Å². The maximum absolute atomic E-state index is 2.31. The van der Waals surface area contributed by atoms with E-state index < -0.39 is 0 Å². The molecule has 14 heavy (non-hydrogen) atoms. The summed E-state index contributed by atoms with van der Waals surface area (Å²) in [4.78, 5) is 0. The van der Waals surface area contributed by atoms with Gasteiger partial charge in [0.2, 0.25) is 0 Å². The molecule has 0 bridgehead atoms. The SMILES string of the molecule is CCC(C)=C(C)CCCC1CCCC1. The van der Waals surface area contributed by atoms with Gasteiger partial charge in [0.05, 0.1) is 0 Å². The lowest BCUT2D eigenvalue weighted by atomic mass is 9.97. The lowest BCUT2D eigenvalue weighted by molar-refractivity contribution is 0.483. The standard InChI is InChI=1S/C14H26/c1-4-12(2)13(3)8-7-11-14-9-5-6-10-14/h14H,4-11H2,1-3H3. The largest absolute Gasteiger partial charge is 0.0747 e. The van der Waals surface area contributed by atoms with Gasteiger partial charge in [0.15, 0.2) is 0 Å². The summed E-state index contributed by atoms with van der Waals surface area (Å²) in [6.07, 6.45) is 11.5. The molecule has 0 aliphatic heterocycles. The van der Waals surface area contributed by atoms with E-state index in [9.17, 15) is 0 Å². The van der Waals surface area contributed by atoms with E-state index in [-0.39, 0.29) is 0 Å². The minimum Gasteiger partial charge on any atom is -0.0747 e. The van der Waals surface area contributed by atoms with Gasteiger partial charge >= 0.3 is 0 Å². The Kier molecular flexibility index (Phi) is 5.29. The first kappa shape index (κ1) is 11.8. The predicted octanol–water partition coefficient (Wildman–Crippen LogP) is 5.09. The second kappa shape index (κ2) is 6.27.